The second kappa shape index (κ2) is 6.72. The van der Waals surface area contributed by atoms with Crippen LogP contribution in [0, 0.1) is 0 Å². The van der Waals surface area contributed by atoms with Gasteiger partial charge < -0.3 is 24.3 Å². The van der Waals surface area contributed by atoms with Crippen molar-refractivity contribution in [2.24, 2.45) is 0 Å². The van der Waals surface area contributed by atoms with E-state index < -0.39 is 0 Å². The Morgan fingerprint density at radius 3 is 2.69 bits per heavy atom. The third-order valence-electron chi connectivity index (χ3n) is 4.33. The van der Waals surface area contributed by atoms with Crippen LogP contribution in [0.2, 0.25) is 0 Å². The quantitative estimate of drug-likeness (QED) is 0.639. The summed E-state index contributed by atoms with van der Waals surface area (Å²) in [7, 11) is 3.17. The summed E-state index contributed by atoms with van der Waals surface area (Å²) in [5.74, 6) is 1.76. The van der Waals surface area contributed by atoms with Crippen molar-refractivity contribution in [2.45, 2.75) is 6.10 Å². The fourth-order valence-electron chi connectivity index (χ4n) is 2.93. The molecule has 0 bridgehead atoms. The highest BCUT2D eigenvalue weighted by atomic mass is 16.6. The summed E-state index contributed by atoms with van der Waals surface area (Å²) in [6.07, 6.45) is 1.97. The Bertz CT molecular complexity index is 886. The zero-order valence-corrected chi connectivity index (χ0v) is 14.6. The Hall–Kier alpha value is -2.99. The predicted octanol–water partition coefficient (Wildman–Crippen LogP) is 2.97. The molecule has 134 valence electrons. The zero-order chi connectivity index (χ0) is 18.1. The van der Waals surface area contributed by atoms with Crippen molar-refractivity contribution in [2.75, 3.05) is 32.8 Å². The topological polar surface area (TPSA) is 69.3 Å². The molecular formula is C20H19NO5. The van der Waals surface area contributed by atoms with E-state index in [1.54, 1.807) is 14.2 Å². The van der Waals surface area contributed by atoms with Crippen LogP contribution in [0.25, 0.3) is 11.6 Å². The summed E-state index contributed by atoms with van der Waals surface area (Å²) in [6, 6.07) is 11.1. The minimum atomic E-state index is -0.159. The number of carbonyl (C=O) groups excluding carboxylic acids is 1. The SMILES string of the molecule is COc1ccc(C=C2C(=O)Nc3cccc(OCC4CO4)c32)cc1OC. The number of hydrogen-bond donors (Lipinski definition) is 1. The van der Waals surface area contributed by atoms with Crippen molar-refractivity contribution in [3.63, 3.8) is 0 Å². The van der Waals surface area contributed by atoms with Gasteiger partial charge in [-0.25, -0.2) is 0 Å². The molecule has 2 aliphatic heterocycles. The average Bonchev–Trinajstić information content (AvgIpc) is 3.43. The van der Waals surface area contributed by atoms with E-state index in [1.165, 1.54) is 0 Å². The molecule has 1 saturated heterocycles. The van der Waals surface area contributed by atoms with E-state index in [2.05, 4.69) is 5.32 Å². The average molecular weight is 353 g/mol. The number of nitrogens with one attached hydrogen (secondary N) is 1. The zero-order valence-electron chi connectivity index (χ0n) is 14.6. The number of anilines is 1. The summed E-state index contributed by atoms with van der Waals surface area (Å²) in [6.45, 7) is 1.20. The highest BCUT2D eigenvalue weighted by Crippen LogP contribution is 2.40. The van der Waals surface area contributed by atoms with Gasteiger partial charge in [0.05, 0.1) is 37.7 Å². The highest BCUT2D eigenvalue weighted by molar-refractivity contribution is 6.35. The van der Waals surface area contributed by atoms with Crippen LogP contribution < -0.4 is 19.5 Å². The Morgan fingerprint density at radius 2 is 1.96 bits per heavy atom. The number of hydrogen-bond acceptors (Lipinski definition) is 5. The third kappa shape index (κ3) is 3.11. The molecule has 0 spiro atoms. The van der Waals surface area contributed by atoms with Gasteiger partial charge in [0.15, 0.2) is 11.5 Å². The van der Waals surface area contributed by atoms with Gasteiger partial charge in [-0.1, -0.05) is 12.1 Å². The summed E-state index contributed by atoms with van der Waals surface area (Å²) in [5.41, 5.74) is 2.91. The van der Waals surface area contributed by atoms with Gasteiger partial charge in [0, 0.05) is 0 Å². The molecule has 2 heterocycles. The molecule has 4 rings (SSSR count). The van der Waals surface area contributed by atoms with Crippen LogP contribution in [-0.2, 0) is 9.53 Å². The van der Waals surface area contributed by atoms with E-state index in [4.69, 9.17) is 18.9 Å². The van der Waals surface area contributed by atoms with Gasteiger partial charge in [-0.2, -0.15) is 0 Å². The molecule has 6 nitrogen and oxygen atoms in total. The normalized spacial score (nSPS) is 19.1. The van der Waals surface area contributed by atoms with Gasteiger partial charge in [-0.05, 0) is 35.9 Å². The first-order valence-electron chi connectivity index (χ1n) is 8.32. The second-order valence-corrected chi connectivity index (χ2v) is 6.07. The smallest absolute Gasteiger partial charge is 0.256 e. The molecule has 1 amide bonds. The molecule has 6 heteroatoms. The molecule has 2 aliphatic rings. The minimum absolute atomic E-state index is 0.147. The van der Waals surface area contributed by atoms with Crippen molar-refractivity contribution in [1.29, 1.82) is 0 Å². The number of amides is 1. The largest absolute Gasteiger partial charge is 0.493 e. The first kappa shape index (κ1) is 16.5. The van der Waals surface area contributed by atoms with Crippen LogP contribution in [0.5, 0.6) is 17.2 Å². The highest BCUT2D eigenvalue weighted by Gasteiger charge is 2.29. The van der Waals surface area contributed by atoms with Gasteiger partial charge in [-0.3, -0.25) is 4.79 Å². The maximum Gasteiger partial charge on any atom is 0.256 e. The molecule has 0 aromatic heterocycles. The van der Waals surface area contributed by atoms with Crippen LogP contribution in [0.15, 0.2) is 36.4 Å². The number of fused-ring (bicyclic) bond motifs is 1. The lowest BCUT2D eigenvalue weighted by molar-refractivity contribution is -0.110. The van der Waals surface area contributed by atoms with E-state index >= 15 is 0 Å². The first-order valence-corrected chi connectivity index (χ1v) is 8.32. The molecule has 2 aromatic carbocycles. The molecule has 0 aliphatic carbocycles. The van der Waals surface area contributed by atoms with E-state index in [9.17, 15) is 4.79 Å². The molecule has 2 aromatic rings. The summed E-state index contributed by atoms with van der Waals surface area (Å²) < 4.78 is 21.7. The Labute approximate surface area is 151 Å². The molecular weight excluding hydrogens is 334 g/mol. The number of carbonyl (C=O) groups is 1. The lowest BCUT2D eigenvalue weighted by atomic mass is 10.0. The Kier molecular flexibility index (Phi) is 4.26. The van der Waals surface area contributed by atoms with Gasteiger partial charge >= 0.3 is 0 Å². The van der Waals surface area contributed by atoms with Gasteiger partial charge in [0.25, 0.3) is 5.91 Å². The van der Waals surface area contributed by atoms with Gasteiger partial charge in [0.1, 0.15) is 18.5 Å². The molecule has 1 unspecified atom stereocenters. The number of benzene rings is 2. The van der Waals surface area contributed by atoms with E-state index in [1.807, 2.05) is 42.5 Å². The van der Waals surface area contributed by atoms with Crippen LogP contribution in [0.1, 0.15) is 11.1 Å². The number of epoxide rings is 1. The monoisotopic (exact) mass is 353 g/mol. The number of methoxy groups -OCH3 is 2. The molecule has 1 N–H and O–H groups in total. The van der Waals surface area contributed by atoms with Crippen molar-refractivity contribution in [1.82, 2.24) is 0 Å². The second-order valence-electron chi connectivity index (χ2n) is 6.07. The molecule has 26 heavy (non-hydrogen) atoms. The standard InChI is InChI=1S/C20H19NO5/c1-23-16-7-6-12(9-18(16)24-2)8-14-19-15(21-20(14)22)4-3-5-17(19)26-11-13-10-25-13/h3-9,13H,10-11H2,1-2H3,(H,21,22). The summed E-state index contributed by atoms with van der Waals surface area (Å²) >= 11 is 0. The number of rotatable bonds is 6. The third-order valence-corrected chi connectivity index (χ3v) is 4.33. The van der Waals surface area contributed by atoms with E-state index in [-0.39, 0.29) is 12.0 Å². The van der Waals surface area contributed by atoms with Crippen molar-refractivity contribution in [3.05, 3.63) is 47.5 Å². The van der Waals surface area contributed by atoms with Crippen molar-refractivity contribution in [3.8, 4) is 17.2 Å². The summed E-state index contributed by atoms with van der Waals surface area (Å²) in [4.78, 5) is 12.5. The van der Waals surface area contributed by atoms with Crippen LogP contribution >= 0.6 is 0 Å². The molecule has 1 atom stereocenters. The maximum absolute atomic E-state index is 12.5. The Morgan fingerprint density at radius 1 is 1.15 bits per heavy atom. The fourth-order valence-corrected chi connectivity index (χ4v) is 2.93. The van der Waals surface area contributed by atoms with Crippen LogP contribution in [0.4, 0.5) is 5.69 Å². The number of ether oxygens (including phenoxy) is 4. The minimum Gasteiger partial charge on any atom is -0.493 e. The van der Waals surface area contributed by atoms with Crippen LogP contribution in [-0.4, -0.2) is 39.4 Å². The molecule has 1 fully saturated rings. The van der Waals surface area contributed by atoms with Crippen LogP contribution in [0.3, 0.4) is 0 Å². The van der Waals surface area contributed by atoms with Gasteiger partial charge in [-0.15, -0.1) is 0 Å². The lowest BCUT2D eigenvalue weighted by Crippen LogP contribution is -2.06. The lowest BCUT2D eigenvalue weighted by Gasteiger charge is -2.10. The van der Waals surface area contributed by atoms with E-state index in [0.717, 1.165) is 23.4 Å². The molecule has 0 radical (unpaired) electrons. The van der Waals surface area contributed by atoms with Gasteiger partial charge in [0.2, 0.25) is 0 Å². The van der Waals surface area contributed by atoms with Crippen molar-refractivity contribution < 1.29 is 23.7 Å². The van der Waals surface area contributed by atoms with Crippen molar-refractivity contribution >= 4 is 23.2 Å². The maximum atomic E-state index is 12.5. The molecule has 0 saturated carbocycles. The predicted molar refractivity (Wildman–Crippen MR) is 97.7 cm³/mol. The Balaban J connectivity index is 1.71. The first-order chi connectivity index (χ1) is 12.7. The summed E-state index contributed by atoms with van der Waals surface area (Å²) in [5, 5.41) is 2.89. The fraction of sp³-hybridized carbons (Fsp3) is 0.250. The van der Waals surface area contributed by atoms with E-state index in [0.29, 0.717) is 29.4 Å².